The first-order valence-electron chi connectivity index (χ1n) is 14.5. The fraction of sp³-hybridized carbons (Fsp3) is 0. The van der Waals surface area contributed by atoms with E-state index in [0.29, 0.717) is 21.5 Å². The van der Waals surface area contributed by atoms with Crippen LogP contribution in [0.1, 0.15) is 0 Å². The zero-order valence-electron chi connectivity index (χ0n) is 25.6. The monoisotopic (exact) mass is 792 g/mol. The molecule has 254 valence electrons. The van der Waals surface area contributed by atoms with Gasteiger partial charge in [0.1, 0.15) is 50.6 Å². The van der Waals surface area contributed by atoms with E-state index in [4.69, 9.17) is 11.6 Å². The van der Waals surface area contributed by atoms with Gasteiger partial charge in [0.05, 0.1) is 0 Å². The van der Waals surface area contributed by atoms with Gasteiger partial charge < -0.3 is 20.4 Å². The second kappa shape index (κ2) is 18.5. The normalized spacial score (nSPS) is 11.1. The van der Waals surface area contributed by atoms with Crippen molar-refractivity contribution in [1.29, 1.82) is 0 Å². The van der Waals surface area contributed by atoms with E-state index in [1.807, 2.05) is 36.4 Å². The van der Waals surface area contributed by atoms with E-state index in [2.05, 4.69) is 20.5 Å². The number of rotatable bonds is 5. The molecular formula is C36H27ClCrN4Na2O7S. The van der Waals surface area contributed by atoms with Gasteiger partial charge in [-0.2, -0.15) is 8.42 Å². The van der Waals surface area contributed by atoms with Gasteiger partial charge in [0.25, 0.3) is 10.1 Å². The Morgan fingerprint density at radius 3 is 1.42 bits per heavy atom. The number of aromatic hydroxyl groups is 4. The topological polar surface area (TPSA) is 185 Å². The molecule has 5 N–H and O–H groups in total. The summed E-state index contributed by atoms with van der Waals surface area (Å²) >= 11 is 5.86. The van der Waals surface area contributed by atoms with Crippen LogP contribution in [0.3, 0.4) is 0 Å². The van der Waals surface area contributed by atoms with Crippen molar-refractivity contribution in [3.8, 4) is 23.0 Å². The fourth-order valence-corrected chi connectivity index (χ4v) is 5.99. The van der Waals surface area contributed by atoms with Crippen molar-refractivity contribution in [1.82, 2.24) is 0 Å². The summed E-state index contributed by atoms with van der Waals surface area (Å²) in [6.45, 7) is 0. The standard InChI is InChI=1S/C20H14N2O5S.C16H11ClN2O2.Cr.2Na.2H/c23-16-10-9-12-5-1-2-6-13(12)19(16)21-22-20-15-8-4-3-7-14(15)18(11-17(20)24)28(25,26)27;17-11-6-8-14(20)13(9-11)18-19-16-12-4-2-1-3-10(12)5-7-15(16)21;;;;;/h1-11,23-24H,(H,25,26,27);1-9,20-21H;;;;;. The molecule has 11 nitrogen and oxygen atoms in total. The molecule has 7 aromatic carbocycles. The average Bonchev–Trinajstić information content (AvgIpc) is 3.09. The molecule has 0 radical (unpaired) electrons. The Kier molecular flexibility index (Phi) is 15.2. The number of halogens is 1. The van der Waals surface area contributed by atoms with Crippen molar-refractivity contribution >= 4 is 136 Å². The van der Waals surface area contributed by atoms with E-state index in [9.17, 15) is 33.4 Å². The Morgan fingerprint density at radius 1 is 0.481 bits per heavy atom. The molecule has 0 atom stereocenters. The number of phenolic OH excluding ortho intramolecular Hbond substituents is 4. The molecule has 0 heterocycles. The molecule has 0 saturated carbocycles. The van der Waals surface area contributed by atoms with Crippen LogP contribution in [0, 0.1) is 0 Å². The van der Waals surface area contributed by atoms with E-state index in [0.717, 1.165) is 22.2 Å². The maximum absolute atomic E-state index is 11.6. The van der Waals surface area contributed by atoms with Gasteiger partial charge in [0, 0.05) is 50.0 Å². The van der Waals surface area contributed by atoms with Gasteiger partial charge in [-0.25, -0.2) is 0 Å². The summed E-state index contributed by atoms with van der Waals surface area (Å²) in [5.41, 5.74) is 0.845. The van der Waals surface area contributed by atoms with Crippen LogP contribution in [0.15, 0.2) is 147 Å². The first kappa shape index (κ1) is 42.9. The molecule has 7 aromatic rings. The van der Waals surface area contributed by atoms with E-state index in [-0.39, 0.29) is 116 Å². The van der Waals surface area contributed by atoms with Crippen molar-refractivity contribution < 1.29 is 50.8 Å². The molecule has 0 aliphatic rings. The molecule has 7 rings (SSSR count). The van der Waals surface area contributed by atoms with Crippen molar-refractivity contribution in [3.05, 3.63) is 126 Å². The third-order valence-electron chi connectivity index (χ3n) is 7.44. The van der Waals surface area contributed by atoms with Crippen molar-refractivity contribution in [2.75, 3.05) is 0 Å². The van der Waals surface area contributed by atoms with Gasteiger partial charge in [0.15, 0.2) is 0 Å². The van der Waals surface area contributed by atoms with Crippen LogP contribution in [-0.4, -0.2) is 92.5 Å². The van der Waals surface area contributed by atoms with Gasteiger partial charge in [0.2, 0.25) is 0 Å². The molecule has 0 aromatic heterocycles. The Bertz CT molecular complexity index is 2580. The van der Waals surface area contributed by atoms with Crippen LogP contribution in [0.2, 0.25) is 5.02 Å². The first-order chi connectivity index (χ1) is 23.5. The molecule has 0 amide bonds. The molecule has 0 fully saturated rings. The van der Waals surface area contributed by atoms with Crippen LogP contribution in [0.25, 0.3) is 32.3 Å². The summed E-state index contributed by atoms with van der Waals surface area (Å²) in [5, 5.41) is 60.6. The van der Waals surface area contributed by atoms with E-state index in [1.54, 1.807) is 54.6 Å². The predicted octanol–water partition coefficient (Wildman–Crippen LogP) is 9.09. The molecule has 0 bridgehead atoms. The quantitative estimate of drug-likeness (QED) is 0.0654. The molecule has 0 aliphatic heterocycles. The third-order valence-corrected chi connectivity index (χ3v) is 8.57. The SMILES string of the molecule is O=S(=O)(O)c1cc(O)c(N=Nc2c(O)ccc3ccccc23)c2ccccc12.Oc1ccc(Cl)cc1N=Nc1c(O)ccc2ccccc12.[Cr].[NaH].[NaH]. The van der Waals surface area contributed by atoms with Crippen LogP contribution < -0.4 is 0 Å². The van der Waals surface area contributed by atoms with Crippen LogP contribution >= 0.6 is 11.6 Å². The minimum absolute atomic E-state index is 0. The Balaban J connectivity index is 0.000000275. The van der Waals surface area contributed by atoms with E-state index < -0.39 is 20.8 Å². The fourth-order valence-electron chi connectivity index (χ4n) is 5.11. The van der Waals surface area contributed by atoms with Crippen LogP contribution in [0.4, 0.5) is 22.7 Å². The van der Waals surface area contributed by atoms with Crippen LogP contribution in [0.5, 0.6) is 23.0 Å². The van der Waals surface area contributed by atoms with Gasteiger partial charge in [-0.15, -0.1) is 20.5 Å². The molecule has 0 saturated heterocycles. The number of benzene rings is 7. The zero-order valence-corrected chi connectivity index (χ0v) is 28.4. The number of hydrogen-bond acceptors (Lipinski definition) is 10. The Hall–Kier alpha value is -3.55. The summed E-state index contributed by atoms with van der Waals surface area (Å²) in [6.07, 6.45) is 0. The number of azo groups is 2. The van der Waals surface area contributed by atoms with Crippen molar-refractivity contribution in [2.45, 2.75) is 4.90 Å². The maximum atomic E-state index is 11.6. The van der Waals surface area contributed by atoms with E-state index >= 15 is 0 Å². The van der Waals surface area contributed by atoms with E-state index in [1.165, 1.54) is 24.3 Å². The third kappa shape index (κ3) is 9.51. The molecule has 0 aliphatic carbocycles. The number of nitrogens with zero attached hydrogens (tertiary/aromatic N) is 4. The summed E-state index contributed by atoms with van der Waals surface area (Å²) < 4.78 is 32.7. The molecule has 16 heteroatoms. The van der Waals surface area contributed by atoms with Gasteiger partial charge >= 0.3 is 59.1 Å². The molecule has 0 spiro atoms. The molecular weight excluding hydrogens is 766 g/mol. The summed E-state index contributed by atoms with van der Waals surface area (Å²) in [6, 6.07) is 33.2. The van der Waals surface area contributed by atoms with Gasteiger partial charge in [-0.3, -0.25) is 4.55 Å². The van der Waals surface area contributed by atoms with Crippen molar-refractivity contribution in [2.24, 2.45) is 20.5 Å². The van der Waals surface area contributed by atoms with Crippen molar-refractivity contribution in [3.63, 3.8) is 0 Å². The number of fused-ring (bicyclic) bond motifs is 3. The second-order valence-electron chi connectivity index (χ2n) is 10.6. The predicted molar refractivity (Wildman–Crippen MR) is 202 cm³/mol. The molecule has 52 heavy (non-hydrogen) atoms. The first-order valence-corrected chi connectivity index (χ1v) is 16.3. The van der Waals surface area contributed by atoms with Crippen LogP contribution in [-0.2, 0) is 27.5 Å². The second-order valence-corrected chi connectivity index (χ2v) is 12.4. The summed E-state index contributed by atoms with van der Waals surface area (Å²) in [4.78, 5) is -0.424. The minimum atomic E-state index is -4.54. The van der Waals surface area contributed by atoms with Gasteiger partial charge in [-0.05, 0) is 41.1 Å². The zero-order chi connectivity index (χ0) is 34.7. The Labute approximate surface area is 357 Å². The summed E-state index contributed by atoms with van der Waals surface area (Å²) in [5.74, 6) is -0.544. The Morgan fingerprint density at radius 2 is 0.904 bits per heavy atom. The molecule has 0 unspecified atom stereocenters. The number of hydrogen-bond donors (Lipinski definition) is 5. The number of phenols is 4. The summed E-state index contributed by atoms with van der Waals surface area (Å²) in [7, 11) is -4.54. The van der Waals surface area contributed by atoms with Gasteiger partial charge in [-0.1, -0.05) is 96.5 Å². The average molecular weight is 793 g/mol.